The predicted molar refractivity (Wildman–Crippen MR) is 138 cm³/mol. The van der Waals surface area contributed by atoms with E-state index in [1.807, 2.05) is 78.6 Å². The fraction of sp³-hybridized carbons (Fsp3) is 0.296. The Hall–Kier alpha value is -3.36. The van der Waals surface area contributed by atoms with Gasteiger partial charge in [-0.2, -0.15) is 0 Å². The van der Waals surface area contributed by atoms with Gasteiger partial charge in [0.1, 0.15) is 12.4 Å². The molecule has 4 aromatic rings. The van der Waals surface area contributed by atoms with Crippen LogP contribution >= 0.6 is 11.8 Å². The van der Waals surface area contributed by atoms with Gasteiger partial charge in [-0.25, -0.2) is 0 Å². The van der Waals surface area contributed by atoms with Crippen molar-refractivity contribution in [2.24, 2.45) is 7.05 Å². The number of ketones is 1. The van der Waals surface area contributed by atoms with E-state index >= 15 is 0 Å². The van der Waals surface area contributed by atoms with E-state index in [-0.39, 0.29) is 18.1 Å². The van der Waals surface area contributed by atoms with Gasteiger partial charge in [-0.1, -0.05) is 60.3 Å². The highest BCUT2D eigenvalue weighted by Gasteiger charge is 2.18. The van der Waals surface area contributed by atoms with Crippen LogP contribution in [0.4, 0.5) is 0 Å². The van der Waals surface area contributed by atoms with Gasteiger partial charge in [0, 0.05) is 43.2 Å². The maximum Gasteiger partial charge on any atom is 0.191 e. The molecule has 0 aliphatic rings. The van der Waals surface area contributed by atoms with Gasteiger partial charge in [0.25, 0.3) is 0 Å². The van der Waals surface area contributed by atoms with Crippen LogP contribution in [0, 0.1) is 13.8 Å². The molecular formula is C27H30N4O3S. The van der Waals surface area contributed by atoms with Crippen molar-refractivity contribution in [2.45, 2.75) is 32.2 Å². The lowest BCUT2D eigenvalue weighted by atomic mass is 10.1. The van der Waals surface area contributed by atoms with E-state index in [1.54, 1.807) is 7.11 Å². The van der Waals surface area contributed by atoms with Crippen LogP contribution in [0.2, 0.25) is 0 Å². The first kappa shape index (κ1) is 24.8. The number of hydrogen-bond donors (Lipinski definition) is 0. The lowest BCUT2D eigenvalue weighted by Gasteiger charge is -2.13. The molecule has 2 heterocycles. The van der Waals surface area contributed by atoms with Crippen molar-refractivity contribution < 1.29 is 14.3 Å². The summed E-state index contributed by atoms with van der Waals surface area (Å²) in [6.45, 7) is 5.30. The normalized spacial score (nSPS) is 11.1. The fourth-order valence-corrected chi connectivity index (χ4v) is 4.74. The van der Waals surface area contributed by atoms with Gasteiger partial charge in [0.05, 0.1) is 12.4 Å². The van der Waals surface area contributed by atoms with Crippen molar-refractivity contribution in [3.63, 3.8) is 0 Å². The van der Waals surface area contributed by atoms with Gasteiger partial charge in [-0.3, -0.25) is 4.79 Å². The maximum atomic E-state index is 12.9. The molecular weight excluding hydrogens is 460 g/mol. The zero-order chi connectivity index (χ0) is 24.8. The molecule has 0 unspecified atom stereocenters. The van der Waals surface area contributed by atoms with Gasteiger partial charge in [-0.05, 0) is 31.5 Å². The van der Waals surface area contributed by atoms with Gasteiger partial charge in [-0.15, -0.1) is 10.2 Å². The predicted octanol–water partition coefficient (Wildman–Crippen LogP) is 5.10. The van der Waals surface area contributed by atoms with E-state index in [1.165, 1.54) is 11.8 Å². The molecule has 0 N–H and O–H groups in total. The molecule has 0 aliphatic heterocycles. The summed E-state index contributed by atoms with van der Waals surface area (Å²) in [7, 11) is 3.63. The van der Waals surface area contributed by atoms with E-state index in [9.17, 15) is 4.79 Å². The smallest absolute Gasteiger partial charge is 0.191 e. The minimum Gasteiger partial charge on any atom is -0.485 e. The van der Waals surface area contributed by atoms with Crippen molar-refractivity contribution in [2.75, 3.05) is 19.5 Å². The number of Topliss-reactive ketones (excluding diaryl/α,β-unsaturated/α-hetero) is 1. The number of rotatable bonds is 11. The summed E-state index contributed by atoms with van der Waals surface area (Å²) in [6.07, 6.45) is 0. The van der Waals surface area contributed by atoms with E-state index in [0.717, 1.165) is 33.8 Å². The van der Waals surface area contributed by atoms with Gasteiger partial charge >= 0.3 is 0 Å². The summed E-state index contributed by atoms with van der Waals surface area (Å²) < 4.78 is 15.5. The highest BCUT2D eigenvalue weighted by atomic mass is 32.2. The quantitative estimate of drug-likeness (QED) is 0.215. The average molecular weight is 491 g/mol. The maximum absolute atomic E-state index is 12.9. The first-order chi connectivity index (χ1) is 17.0. The molecule has 0 aliphatic carbocycles. The first-order valence-electron chi connectivity index (χ1n) is 11.5. The van der Waals surface area contributed by atoms with Crippen LogP contribution in [0.1, 0.15) is 27.6 Å². The summed E-state index contributed by atoms with van der Waals surface area (Å²) in [6, 6.07) is 20.0. The molecule has 0 spiro atoms. The van der Waals surface area contributed by atoms with Crippen molar-refractivity contribution in [1.29, 1.82) is 0 Å². The molecule has 0 amide bonds. The van der Waals surface area contributed by atoms with Crippen molar-refractivity contribution in [1.82, 2.24) is 19.3 Å². The SMILES string of the molecule is COCCn1c(COc2ccccc2-c2ccccc2)nnc1SCC(=O)c1cc(C)n(C)c1C. The number of ether oxygens (including phenoxy) is 2. The standard InChI is InChI=1S/C27H30N4O3S/c1-19-16-23(20(2)30(19)3)24(32)18-35-27-29-28-26(31(27)14-15-33-4)17-34-25-13-9-8-12-22(25)21-10-6-5-7-11-21/h5-13,16H,14-15,17-18H2,1-4H3. The molecule has 0 saturated carbocycles. The molecule has 0 bridgehead atoms. The molecule has 35 heavy (non-hydrogen) atoms. The lowest BCUT2D eigenvalue weighted by molar-refractivity contribution is 0.102. The Morgan fingerprint density at radius 3 is 2.49 bits per heavy atom. The van der Waals surface area contributed by atoms with Crippen molar-refractivity contribution >= 4 is 17.5 Å². The third-order valence-corrected chi connectivity index (χ3v) is 7.02. The Bertz CT molecular complexity index is 1300. The molecule has 0 radical (unpaired) electrons. The van der Waals surface area contributed by atoms with Crippen LogP contribution in [0.15, 0.2) is 65.8 Å². The second kappa shape index (κ2) is 11.4. The van der Waals surface area contributed by atoms with E-state index in [2.05, 4.69) is 22.3 Å². The zero-order valence-corrected chi connectivity index (χ0v) is 21.3. The Morgan fingerprint density at radius 2 is 1.77 bits per heavy atom. The van der Waals surface area contributed by atoms with Crippen LogP contribution in [0.25, 0.3) is 11.1 Å². The number of carbonyl (C=O) groups excluding carboxylic acids is 1. The number of carbonyl (C=O) groups is 1. The number of aromatic nitrogens is 4. The molecule has 182 valence electrons. The van der Waals surface area contributed by atoms with E-state index in [4.69, 9.17) is 9.47 Å². The average Bonchev–Trinajstić information content (AvgIpc) is 3.40. The summed E-state index contributed by atoms with van der Waals surface area (Å²) in [5.74, 6) is 1.82. The highest BCUT2D eigenvalue weighted by Crippen LogP contribution is 2.30. The van der Waals surface area contributed by atoms with Crippen LogP contribution in [0.5, 0.6) is 5.75 Å². The minimum absolute atomic E-state index is 0.0760. The van der Waals surface area contributed by atoms with Gasteiger partial charge < -0.3 is 18.6 Å². The molecule has 2 aromatic carbocycles. The first-order valence-corrected chi connectivity index (χ1v) is 12.4. The molecule has 4 rings (SSSR count). The zero-order valence-electron chi connectivity index (χ0n) is 20.5. The summed E-state index contributed by atoms with van der Waals surface area (Å²) >= 11 is 1.39. The summed E-state index contributed by atoms with van der Waals surface area (Å²) in [5, 5.41) is 9.40. The van der Waals surface area contributed by atoms with Crippen molar-refractivity contribution in [3.05, 3.63) is 83.4 Å². The number of benzene rings is 2. The van der Waals surface area contributed by atoms with Crippen LogP contribution < -0.4 is 4.74 Å². The second-order valence-corrected chi connectivity index (χ2v) is 9.19. The van der Waals surface area contributed by atoms with E-state index in [0.29, 0.717) is 24.1 Å². The van der Waals surface area contributed by atoms with Gasteiger partial charge in [0.2, 0.25) is 0 Å². The summed E-state index contributed by atoms with van der Waals surface area (Å²) in [5.41, 5.74) is 4.89. The molecule has 0 fully saturated rings. The Morgan fingerprint density at radius 1 is 1.03 bits per heavy atom. The van der Waals surface area contributed by atoms with Crippen LogP contribution in [-0.2, 0) is 24.9 Å². The third kappa shape index (κ3) is 5.66. The van der Waals surface area contributed by atoms with E-state index < -0.39 is 0 Å². The fourth-order valence-electron chi connectivity index (χ4n) is 3.88. The number of thioether (sulfide) groups is 1. The minimum atomic E-state index is 0.0760. The Labute approximate surface area is 210 Å². The van der Waals surface area contributed by atoms with Crippen molar-refractivity contribution in [3.8, 4) is 16.9 Å². The number of methoxy groups -OCH3 is 1. The summed E-state index contributed by atoms with van der Waals surface area (Å²) in [4.78, 5) is 12.9. The monoisotopic (exact) mass is 490 g/mol. The number of aryl methyl sites for hydroxylation is 1. The van der Waals surface area contributed by atoms with Gasteiger partial charge in [0.15, 0.2) is 16.8 Å². The molecule has 2 aromatic heterocycles. The highest BCUT2D eigenvalue weighted by molar-refractivity contribution is 7.99. The Kier molecular flexibility index (Phi) is 8.05. The van der Waals surface area contributed by atoms with Crippen LogP contribution in [0.3, 0.4) is 0 Å². The number of nitrogens with zero attached hydrogens (tertiary/aromatic N) is 4. The largest absolute Gasteiger partial charge is 0.485 e. The van der Waals surface area contributed by atoms with Crippen LogP contribution in [-0.4, -0.2) is 44.6 Å². The molecule has 7 nitrogen and oxygen atoms in total. The topological polar surface area (TPSA) is 71.2 Å². The second-order valence-electron chi connectivity index (χ2n) is 8.25. The number of para-hydroxylation sites is 1. The number of hydrogen-bond acceptors (Lipinski definition) is 6. The third-order valence-electron chi connectivity index (χ3n) is 6.05. The lowest BCUT2D eigenvalue weighted by Crippen LogP contribution is -2.13. The molecule has 8 heteroatoms. The Balaban J connectivity index is 1.49. The molecule has 0 saturated heterocycles. The molecule has 0 atom stereocenters.